The summed E-state index contributed by atoms with van der Waals surface area (Å²) in [5.74, 6) is 2.19. The van der Waals surface area contributed by atoms with Crippen LogP contribution in [0.3, 0.4) is 0 Å². The van der Waals surface area contributed by atoms with Gasteiger partial charge in [0.2, 0.25) is 0 Å². The maximum atomic E-state index is 13.0. The fourth-order valence-electron chi connectivity index (χ4n) is 2.46. The van der Waals surface area contributed by atoms with Crippen LogP contribution in [0.5, 0.6) is 0 Å². The largest absolute Gasteiger partial charge is 0.314 e. The van der Waals surface area contributed by atoms with Crippen molar-refractivity contribution in [2.45, 2.75) is 5.92 Å². The molecule has 0 bridgehead atoms. The van der Waals surface area contributed by atoms with Gasteiger partial charge in [0.05, 0.1) is 0 Å². The zero-order valence-corrected chi connectivity index (χ0v) is 12.8. The summed E-state index contributed by atoms with van der Waals surface area (Å²) in [5.41, 5.74) is 1.23. The number of allylic oxidation sites excluding steroid dienone is 1. The summed E-state index contributed by atoms with van der Waals surface area (Å²) >= 11 is 3.44. The van der Waals surface area contributed by atoms with E-state index in [0.29, 0.717) is 6.16 Å². The molecule has 2 aromatic rings. The van der Waals surface area contributed by atoms with Gasteiger partial charge >= 0.3 is 0 Å². The zero-order chi connectivity index (χ0) is 13.3. The molecule has 0 fully saturated rings. The Kier molecular flexibility index (Phi) is 3.47. The van der Waals surface area contributed by atoms with E-state index in [1.54, 1.807) is 0 Å². The van der Waals surface area contributed by atoms with Gasteiger partial charge in [-0.25, -0.2) is 0 Å². The van der Waals surface area contributed by atoms with Crippen LogP contribution in [0.4, 0.5) is 0 Å². The highest BCUT2D eigenvalue weighted by Crippen LogP contribution is 2.54. The molecule has 0 aromatic heterocycles. The van der Waals surface area contributed by atoms with E-state index >= 15 is 0 Å². The minimum Gasteiger partial charge on any atom is -0.314 e. The minimum atomic E-state index is -2.35. The van der Waals surface area contributed by atoms with Gasteiger partial charge in [0.1, 0.15) is 7.14 Å². The summed E-state index contributed by atoms with van der Waals surface area (Å²) < 4.78 is 14.0. The van der Waals surface area contributed by atoms with Gasteiger partial charge in [-0.2, -0.15) is 0 Å². The number of benzene rings is 2. The lowest BCUT2D eigenvalue weighted by Gasteiger charge is -2.13. The van der Waals surface area contributed by atoms with Gasteiger partial charge in [0.15, 0.2) is 0 Å². The summed E-state index contributed by atoms with van der Waals surface area (Å²) in [6.07, 6.45) is 2.80. The number of halogens is 1. The van der Waals surface area contributed by atoms with E-state index in [4.69, 9.17) is 0 Å². The van der Waals surface area contributed by atoms with Crippen LogP contribution in [0.2, 0.25) is 0 Å². The summed E-state index contributed by atoms with van der Waals surface area (Å²) in [4.78, 5) is 0. The Morgan fingerprint density at radius 3 is 2.37 bits per heavy atom. The molecule has 0 amide bonds. The second-order valence-corrected chi connectivity index (χ2v) is 8.50. The molecule has 0 saturated carbocycles. The van der Waals surface area contributed by atoms with Crippen molar-refractivity contribution in [3.63, 3.8) is 0 Å². The lowest BCUT2D eigenvalue weighted by Crippen LogP contribution is -2.06. The first-order valence-electron chi connectivity index (χ1n) is 6.27. The minimum absolute atomic E-state index is 0.263. The standard InChI is InChI=1S/C16H14BrOP/c17-15-8-6-13(7-9-15)14-10-11-19(18,12-14)16-4-2-1-3-5-16/h1-11,14H,12H2/t14-,19+/m1/s1. The highest BCUT2D eigenvalue weighted by atomic mass is 79.9. The van der Waals surface area contributed by atoms with Crippen molar-refractivity contribution in [2.24, 2.45) is 0 Å². The molecule has 0 radical (unpaired) electrons. The summed E-state index contributed by atoms with van der Waals surface area (Å²) in [6, 6.07) is 18.1. The first-order chi connectivity index (χ1) is 9.17. The van der Waals surface area contributed by atoms with Crippen LogP contribution >= 0.6 is 23.1 Å². The molecule has 0 spiro atoms. The Bertz CT molecular complexity index is 646. The molecule has 0 unspecified atom stereocenters. The number of rotatable bonds is 2. The highest BCUT2D eigenvalue weighted by molar-refractivity contribution is 9.10. The Morgan fingerprint density at radius 1 is 1.00 bits per heavy atom. The molecular weight excluding hydrogens is 319 g/mol. The molecule has 3 rings (SSSR count). The average Bonchev–Trinajstić information content (AvgIpc) is 2.85. The maximum absolute atomic E-state index is 13.0. The molecule has 96 valence electrons. The Balaban J connectivity index is 1.87. The van der Waals surface area contributed by atoms with Crippen molar-refractivity contribution in [1.29, 1.82) is 0 Å². The number of hydrogen-bond acceptors (Lipinski definition) is 1. The van der Waals surface area contributed by atoms with E-state index in [9.17, 15) is 4.57 Å². The molecule has 2 atom stereocenters. The number of hydrogen-bond donors (Lipinski definition) is 0. The smallest absolute Gasteiger partial charge is 0.137 e. The molecule has 19 heavy (non-hydrogen) atoms. The van der Waals surface area contributed by atoms with E-state index in [0.717, 1.165) is 9.78 Å². The Labute approximate surface area is 121 Å². The van der Waals surface area contributed by atoms with Crippen molar-refractivity contribution in [2.75, 3.05) is 6.16 Å². The van der Waals surface area contributed by atoms with Crippen LogP contribution in [0.1, 0.15) is 11.5 Å². The third kappa shape index (κ3) is 2.61. The van der Waals surface area contributed by atoms with E-state index < -0.39 is 7.14 Å². The third-order valence-electron chi connectivity index (χ3n) is 3.52. The second kappa shape index (κ2) is 5.11. The normalized spacial score (nSPS) is 25.6. The van der Waals surface area contributed by atoms with Crippen LogP contribution < -0.4 is 5.30 Å². The van der Waals surface area contributed by atoms with Crippen LogP contribution in [0.15, 0.2) is 71.0 Å². The molecular formula is C16H14BrOP. The van der Waals surface area contributed by atoms with Gasteiger partial charge in [-0.15, -0.1) is 0 Å². The second-order valence-electron chi connectivity index (χ2n) is 4.81. The molecule has 1 aliphatic heterocycles. The van der Waals surface area contributed by atoms with E-state index in [-0.39, 0.29) is 5.92 Å². The van der Waals surface area contributed by atoms with Crippen molar-refractivity contribution in [3.05, 3.63) is 76.5 Å². The SMILES string of the molecule is O=[P@@]1(c2ccccc2)C=C[C@@H](c2ccc(Br)cc2)C1. The van der Waals surface area contributed by atoms with E-state index in [2.05, 4.69) is 34.1 Å². The molecule has 0 N–H and O–H groups in total. The van der Waals surface area contributed by atoms with Gasteiger partial charge in [0.25, 0.3) is 0 Å². The third-order valence-corrected chi connectivity index (χ3v) is 6.81. The molecule has 2 aromatic carbocycles. The van der Waals surface area contributed by atoms with Gasteiger partial charge in [-0.1, -0.05) is 64.5 Å². The Hall–Kier alpha value is -1.11. The first-order valence-corrected chi connectivity index (χ1v) is 9.02. The molecule has 1 nitrogen and oxygen atoms in total. The van der Waals surface area contributed by atoms with Crippen LogP contribution in [-0.2, 0) is 4.57 Å². The summed E-state index contributed by atoms with van der Waals surface area (Å²) in [5, 5.41) is 0.964. The molecule has 0 saturated heterocycles. The van der Waals surface area contributed by atoms with Crippen molar-refractivity contribution in [3.8, 4) is 0 Å². The summed E-state index contributed by atoms with van der Waals surface area (Å²) in [7, 11) is -2.35. The fraction of sp³-hybridized carbons (Fsp3) is 0.125. The van der Waals surface area contributed by atoms with Crippen LogP contribution in [-0.4, -0.2) is 6.16 Å². The quantitative estimate of drug-likeness (QED) is 0.725. The van der Waals surface area contributed by atoms with Gasteiger partial charge in [-0.3, -0.25) is 0 Å². The van der Waals surface area contributed by atoms with Crippen molar-refractivity contribution >= 4 is 28.4 Å². The molecule has 3 heteroatoms. The van der Waals surface area contributed by atoms with Gasteiger partial charge < -0.3 is 4.57 Å². The predicted octanol–water partition coefficient (Wildman–Crippen LogP) is 4.75. The lowest BCUT2D eigenvalue weighted by molar-refractivity contribution is 0.586. The average molecular weight is 333 g/mol. The van der Waals surface area contributed by atoms with Gasteiger partial charge in [0, 0.05) is 21.9 Å². The van der Waals surface area contributed by atoms with Crippen molar-refractivity contribution < 1.29 is 4.57 Å². The molecule has 0 aliphatic carbocycles. The lowest BCUT2D eigenvalue weighted by atomic mass is 10.0. The van der Waals surface area contributed by atoms with E-state index in [1.807, 2.05) is 48.3 Å². The van der Waals surface area contributed by atoms with Crippen LogP contribution in [0.25, 0.3) is 0 Å². The highest BCUT2D eigenvalue weighted by Gasteiger charge is 2.30. The van der Waals surface area contributed by atoms with E-state index in [1.165, 1.54) is 5.56 Å². The summed E-state index contributed by atoms with van der Waals surface area (Å²) in [6.45, 7) is 0. The monoisotopic (exact) mass is 332 g/mol. The predicted molar refractivity (Wildman–Crippen MR) is 84.6 cm³/mol. The maximum Gasteiger partial charge on any atom is 0.137 e. The topological polar surface area (TPSA) is 17.1 Å². The van der Waals surface area contributed by atoms with Crippen molar-refractivity contribution in [1.82, 2.24) is 0 Å². The molecule has 1 heterocycles. The Morgan fingerprint density at radius 2 is 1.68 bits per heavy atom. The zero-order valence-electron chi connectivity index (χ0n) is 10.4. The van der Waals surface area contributed by atoms with Crippen LogP contribution in [0, 0.1) is 0 Å². The van der Waals surface area contributed by atoms with Gasteiger partial charge in [-0.05, 0) is 23.5 Å². The molecule has 1 aliphatic rings. The first kappa shape index (κ1) is 12.9. The fourth-order valence-corrected chi connectivity index (χ4v) is 5.30.